The van der Waals surface area contributed by atoms with Gasteiger partial charge in [0.05, 0.1) is 13.0 Å². The van der Waals surface area contributed by atoms with E-state index in [4.69, 9.17) is 18.9 Å². The first-order chi connectivity index (χ1) is 20.1. The summed E-state index contributed by atoms with van der Waals surface area (Å²) < 4.78 is 22.7. The monoisotopic (exact) mass is 580 g/mol. The summed E-state index contributed by atoms with van der Waals surface area (Å²) in [5.41, 5.74) is 1.12. The number of hydrogen-bond donors (Lipinski definition) is 6. The van der Waals surface area contributed by atoms with E-state index in [1.165, 1.54) is 36.4 Å². The van der Waals surface area contributed by atoms with E-state index in [9.17, 15) is 40.2 Å². The molecular weight excluding hydrogens is 552 g/mol. The normalized spacial score (nSPS) is 25.5. The Kier molecular flexibility index (Phi) is 8.31. The summed E-state index contributed by atoms with van der Waals surface area (Å²) in [6.45, 7) is -0.694. The van der Waals surface area contributed by atoms with E-state index in [2.05, 4.69) is 0 Å². The number of aliphatic hydroxyl groups excluding tert-OH is 3. The molecule has 0 radical (unpaired) electrons. The number of aromatic hydroxyl groups is 3. The fraction of sp³-hybridized carbons (Fsp3) is 0.267. The molecule has 42 heavy (non-hydrogen) atoms. The van der Waals surface area contributed by atoms with Crippen LogP contribution in [-0.2, 0) is 14.3 Å². The van der Waals surface area contributed by atoms with E-state index in [1.807, 2.05) is 0 Å². The van der Waals surface area contributed by atoms with Crippen LogP contribution in [0.5, 0.6) is 28.7 Å². The topological polar surface area (TPSA) is 192 Å². The molecule has 2 aliphatic heterocycles. The minimum absolute atomic E-state index is 0.000184. The molecule has 12 nitrogen and oxygen atoms in total. The average Bonchev–Trinajstić information content (AvgIpc) is 2.96. The van der Waals surface area contributed by atoms with Gasteiger partial charge >= 0.3 is 5.97 Å². The van der Waals surface area contributed by atoms with Crippen LogP contribution in [0, 0.1) is 0 Å². The SMILES string of the molecule is O=C(C=Cc1ccc(O)cc1)O[C@H]1[C@@H](Oc2cc(O)c3c(c2)O[C@H](c2ccc(O)cc2)CC3=O)O[C@@H](CO)[C@@H](O)[C@H]1O. The van der Waals surface area contributed by atoms with Gasteiger partial charge < -0.3 is 49.6 Å². The molecule has 3 aromatic rings. The van der Waals surface area contributed by atoms with Crippen molar-refractivity contribution in [2.75, 3.05) is 6.61 Å². The largest absolute Gasteiger partial charge is 0.508 e. The van der Waals surface area contributed by atoms with Crippen LogP contribution in [0.2, 0.25) is 0 Å². The Morgan fingerprint density at radius 2 is 1.62 bits per heavy atom. The maximum absolute atomic E-state index is 12.9. The summed E-state index contributed by atoms with van der Waals surface area (Å²) in [6.07, 6.45) is -6.09. The van der Waals surface area contributed by atoms with Crippen molar-refractivity contribution in [3.63, 3.8) is 0 Å². The Bertz CT molecular complexity index is 1470. The number of ether oxygens (including phenoxy) is 4. The number of hydrogen-bond acceptors (Lipinski definition) is 12. The molecule has 2 heterocycles. The molecule has 0 amide bonds. The number of benzene rings is 3. The molecule has 6 N–H and O–H groups in total. The average molecular weight is 581 g/mol. The Morgan fingerprint density at radius 1 is 0.952 bits per heavy atom. The van der Waals surface area contributed by atoms with Gasteiger partial charge in [0.15, 0.2) is 11.9 Å². The van der Waals surface area contributed by atoms with Crippen molar-refractivity contribution in [1.82, 2.24) is 0 Å². The third-order valence-corrected chi connectivity index (χ3v) is 6.87. The quantitative estimate of drug-likeness (QED) is 0.176. The number of fused-ring (bicyclic) bond motifs is 1. The third-order valence-electron chi connectivity index (χ3n) is 6.87. The third kappa shape index (κ3) is 6.16. The molecule has 3 aromatic carbocycles. The van der Waals surface area contributed by atoms with Crippen molar-refractivity contribution in [1.29, 1.82) is 0 Å². The highest BCUT2D eigenvalue weighted by molar-refractivity contribution is 6.02. The number of Topliss-reactive ketones (excluding diaryl/α,β-unsaturated/α-hetero) is 1. The summed E-state index contributed by atoms with van der Waals surface area (Å²) in [5, 5.41) is 60.4. The number of ketones is 1. The van der Waals surface area contributed by atoms with Crippen LogP contribution in [-0.4, -0.2) is 79.7 Å². The fourth-order valence-corrected chi connectivity index (χ4v) is 4.69. The smallest absolute Gasteiger partial charge is 0.331 e. The van der Waals surface area contributed by atoms with E-state index in [1.54, 1.807) is 24.3 Å². The molecule has 220 valence electrons. The lowest BCUT2D eigenvalue weighted by molar-refractivity contribution is -0.281. The number of aliphatic hydroxyl groups is 3. The lowest BCUT2D eigenvalue weighted by atomic mass is 9.95. The molecule has 0 aliphatic carbocycles. The van der Waals surface area contributed by atoms with E-state index in [0.717, 1.165) is 12.1 Å². The van der Waals surface area contributed by atoms with Crippen molar-refractivity contribution in [3.05, 3.63) is 83.4 Å². The number of esters is 1. The first-order valence-electron chi connectivity index (χ1n) is 13.0. The highest BCUT2D eigenvalue weighted by atomic mass is 16.7. The van der Waals surface area contributed by atoms with Gasteiger partial charge in [0.1, 0.15) is 58.7 Å². The van der Waals surface area contributed by atoms with Crippen LogP contribution in [0.4, 0.5) is 0 Å². The Morgan fingerprint density at radius 3 is 2.29 bits per heavy atom. The van der Waals surface area contributed by atoms with Gasteiger partial charge in [-0.25, -0.2) is 4.79 Å². The van der Waals surface area contributed by atoms with Crippen molar-refractivity contribution in [3.8, 4) is 28.7 Å². The number of phenols is 3. The van der Waals surface area contributed by atoms with Crippen molar-refractivity contribution < 1.29 is 59.2 Å². The molecule has 0 unspecified atom stereocenters. The van der Waals surface area contributed by atoms with Gasteiger partial charge in [-0.1, -0.05) is 24.3 Å². The van der Waals surface area contributed by atoms with Crippen LogP contribution in [0.3, 0.4) is 0 Å². The van der Waals surface area contributed by atoms with Crippen LogP contribution >= 0.6 is 0 Å². The van der Waals surface area contributed by atoms with Gasteiger partial charge in [0, 0.05) is 18.2 Å². The Labute approximate surface area is 239 Å². The maximum Gasteiger partial charge on any atom is 0.331 e. The van der Waals surface area contributed by atoms with Crippen molar-refractivity contribution in [2.45, 2.75) is 43.2 Å². The molecule has 2 aliphatic rings. The number of carbonyl (C=O) groups excluding carboxylic acids is 2. The van der Waals surface area contributed by atoms with E-state index >= 15 is 0 Å². The molecule has 6 atom stereocenters. The molecule has 12 heteroatoms. The summed E-state index contributed by atoms with van der Waals surface area (Å²) in [6, 6.07) is 14.5. The van der Waals surface area contributed by atoms with Crippen molar-refractivity contribution >= 4 is 17.8 Å². The minimum Gasteiger partial charge on any atom is -0.508 e. The lowest BCUT2D eigenvalue weighted by Gasteiger charge is -2.41. The molecule has 1 fully saturated rings. The van der Waals surface area contributed by atoms with Gasteiger partial charge in [-0.2, -0.15) is 0 Å². The van der Waals surface area contributed by atoms with E-state index in [0.29, 0.717) is 11.1 Å². The van der Waals surface area contributed by atoms with Gasteiger partial charge in [0.2, 0.25) is 6.29 Å². The zero-order valence-corrected chi connectivity index (χ0v) is 21.9. The number of carbonyl (C=O) groups is 2. The molecule has 0 bridgehead atoms. The van der Waals surface area contributed by atoms with Crippen LogP contribution < -0.4 is 9.47 Å². The predicted molar refractivity (Wildman–Crippen MR) is 144 cm³/mol. The van der Waals surface area contributed by atoms with Gasteiger partial charge in [-0.3, -0.25) is 4.79 Å². The van der Waals surface area contributed by atoms with Crippen LogP contribution in [0.1, 0.15) is 34.0 Å². The Balaban J connectivity index is 1.38. The molecule has 0 spiro atoms. The predicted octanol–water partition coefficient (Wildman–Crippen LogP) is 1.95. The second-order valence-corrected chi connectivity index (χ2v) is 9.79. The molecule has 5 rings (SSSR count). The number of phenolic OH excluding ortho intramolecular Hbond substituents is 3. The molecule has 1 saturated heterocycles. The Hall–Kier alpha value is -4.62. The first kappa shape index (κ1) is 28.9. The highest BCUT2D eigenvalue weighted by Gasteiger charge is 2.48. The van der Waals surface area contributed by atoms with Crippen molar-refractivity contribution in [2.24, 2.45) is 0 Å². The van der Waals surface area contributed by atoms with E-state index < -0.39 is 60.9 Å². The summed E-state index contributed by atoms with van der Waals surface area (Å²) in [4.78, 5) is 25.5. The van der Waals surface area contributed by atoms with Crippen LogP contribution in [0.15, 0.2) is 66.7 Å². The first-order valence-corrected chi connectivity index (χ1v) is 13.0. The van der Waals surface area contributed by atoms with Gasteiger partial charge in [-0.05, 0) is 41.5 Å². The highest BCUT2D eigenvalue weighted by Crippen LogP contribution is 2.42. The molecule has 0 saturated carbocycles. The second-order valence-electron chi connectivity index (χ2n) is 9.79. The molecule has 0 aromatic heterocycles. The molecular formula is C30H28O12. The minimum atomic E-state index is -1.73. The summed E-state index contributed by atoms with van der Waals surface area (Å²) >= 11 is 0. The number of rotatable bonds is 7. The van der Waals surface area contributed by atoms with E-state index in [-0.39, 0.29) is 35.0 Å². The maximum atomic E-state index is 12.9. The zero-order chi connectivity index (χ0) is 30.0. The van der Waals surface area contributed by atoms with Gasteiger partial charge in [0.25, 0.3) is 0 Å². The summed E-state index contributed by atoms with van der Waals surface area (Å²) in [5.74, 6) is -1.75. The van der Waals surface area contributed by atoms with Crippen LogP contribution in [0.25, 0.3) is 6.08 Å². The second kappa shape index (κ2) is 12.1. The zero-order valence-electron chi connectivity index (χ0n) is 21.9. The lowest BCUT2D eigenvalue weighted by Crippen LogP contribution is -2.61. The standard InChI is InChI=1S/C30H28O12/c31-14-24-27(37)28(38)29(42-25(36)10-3-15-1-6-17(32)7-2-15)30(41-24)39-19-11-20(34)26-21(35)13-22(40-23(26)12-19)16-4-8-18(33)9-5-16/h1-12,22,24,27-34,37-38H,13-14H2/t22-,24-,27+,28+,29+,30-/m0/s1. The fourth-order valence-electron chi connectivity index (χ4n) is 4.69. The summed E-state index contributed by atoms with van der Waals surface area (Å²) in [7, 11) is 0. The van der Waals surface area contributed by atoms with Gasteiger partial charge in [-0.15, -0.1) is 0 Å².